The summed E-state index contributed by atoms with van der Waals surface area (Å²) in [5.41, 5.74) is 4.09. The van der Waals surface area contributed by atoms with Crippen LogP contribution in [0.25, 0.3) is 17.1 Å². The molecule has 1 N–H and O–H groups in total. The van der Waals surface area contributed by atoms with Gasteiger partial charge in [-0.3, -0.25) is 9.88 Å². The Balaban J connectivity index is 1.56. The predicted molar refractivity (Wildman–Crippen MR) is 129 cm³/mol. The summed E-state index contributed by atoms with van der Waals surface area (Å²) >= 11 is 0. The number of allylic oxidation sites excluding steroid dienone is 1. The SMILES string of the molecule is CC(C)=Cc1cc2nc(N3CCN(Cc4ccc(F)cc4F)CC3)c(NC(C)C)nc2cn1. The quantitative estimate of drug-likeness (QED) is 0.576. The second kappa shape index (κ2) is 9.79. The number of hydrogen-bond donors (Lipinski definition) is 1. The van der Waals surface area contributed by atoms with Crippen LogP contribution in [0.2, 0.25) is 0 Å². The fourth-order valence-corrected chi connectivity index (χ4v) is 3.94. The minimum absolute atomic E-state index is 0.205. The first kappa shape index (κ1) is 23.0. The Morgan fingerprint density at radius 1 is 1.06 bits per heavy atom. The van der Waals surface area contributed by atoms with Crippen LogP contribution in [0.4, 0.5) is 20.4 Å². The van der Waals surface area contributed by atoms with E-state index < -0.39 is 11.6 Å². The molecule has 1 aliphatic heterocycles. The molecule has 0 unspecified atom stereocenters. The minimum Gasteiger partial charge on any atom is -0.365 e. The number of nitrogens with one attached hydrogen (secondary N) is 1. The highest BCUT2D eigenvalue weighted by Gasteiger charge is 2.23. The van der Waals surface area contributed by atoms with Crippen LogP contribution < -0.4 is 10.2 Å². The molecule has 0 spiro atoms. The molecule has 0 bridgehead atoms. The maximum atomic E-state index is 14.1. The molecule has 3 aromatic rings. The van der Waals surface area contributed by atoms with E-state index in [1.807, 2.05) is 26.0 Å². The average Bonchev–Trinajstić information content (AvgIpc) is 2.75. The van der Waals surface area contributed by atoms with Crippen molar-refractivity contribution in [1.29, 1.82) is 0 Å². The van der Waals surface area contributed by atoms with E-state index in [0.717, 1.165) is 60.6 Å². The van der Waals surface area contributed by atoms with Crippen LogP contribution in [0, 0.1) is 11.6 Å². The van der Waals surface area contributed by atoms with Crippen molar-refractivity contribution < 1.29 is 8.78 Å². The summed E-state index contributed by atoms with van der Waals surface area (Å²) < 4.78 is 27.3. The van der Waals surface area contributed by atoms with Crippen molar-refractivity contribution in [3.05, 3.63) is 58.9 Å². The van der Waals surface area contributed by atoms with Crippen molar-refractivity contribution >= 4 is 28.7 Å². The van der Waals surface area contributed by atoms with Gasteiger partial charge in [-0.25, -0.2) is 18.7 Å². The van der Waals surface area contributed by atoms with Gasteiger partial charge >= 0.3 is 0 Å². The van der Waals surface area contributed by atoms with Crippen LogP contribution in [-0.2, 0) is 6.54 Å². The second-order valence-electron chi connectivity index (χ2n) is 9.01. The molecule has 1 saturated heterocycles. The third-order valence-electron chi connectivity index (χ3n) is 5.50. The molecule has 1 fully saturated rings. The Morgan fingerprint density at radius 2 is 1.82 bits per heavy atom. The zero-order valence-corrected chi connectivity index (χ0v) is 19.6. The van der Waals surface area contributed by atoms with Crippen molar-refractivity contribution in [2.45, 2.75) is 40.3 Å². The van der Waals surface area contributed by atoms with Crippen LogP contribution >= 0.6 is 0 Å². The van der Waals surface area contributed by atoms with Gasteiger partial charge in [0.25, 0.3) is 0 Å². The third-order valence-corrected chi connectivity index (χ3v) is 5.50. The number of rotatable bonds is 6. The second-order valence-corrected chi connectivity index (χ2v) is 9.01. The van der Waals surface area contributed by atoms with Crippen LogP contribution in [0.1, 0.15) is 39.0 Å². The summed E-state index contributed by atoms with van der Waals surface area (Å²) in [5, 5.41) is 3.42. The van der Waals surface area contributed by atoms with Crippen molar-refractivity contribution in [1.82, 2.24) is 19.9 Å². The number of piperazine rings is 1. The summed E-state index contributed by atoms with van der Waals surface area (Å²) in [5.74, 6) is 0.511. The lowest BCUT2D eigenvalue weighted by atomic mass is 10.1. The zero-order valence-electron chi connectivity index (χ0n) is 19.6. The fourth-order valence-electron chi connectivity index (χ4n) is 3.94. The molecular weight excluding hydrogens is 422 g/mol. The van der Waals surface area contributed by atoms with Crippen LogP contribution in [0.5, 0.6) is 0 Å². The number of anilines is 2. The smallest absolute Gasteiger partial charge is 0.172 e. The van der Waals surface area contributed by atoms with E-state index in [1.165, 1.54) is 17.7 Å². The number of halogens is 2. The monoisotopic (exact) mass is 452 g/mol. The molecule has 4 rings (SSSR count). The lowest BCUT2D eigenvalue weighted by Crippen LogP contribution is -2.46. The molecule has 1 aromatic carbocycles. The molecule has 0 amide bonds. The van der Waals surface area contributed by atoms with Crippen molar-refractivity contribution in [3.63, 3.8) is 0 Å². The third kappa shape index (κ3) is 5.63. The standard InChI is InChI=1S/C25H30F2N6/c1-16(2)11-20-13-22-23(14-28-20)30-24(29-17(3)4)25(31-22)33-9-7-32(8-10-33)15-18-5-6-19(26)12-21(18)27/h5-6,11-14,17H,7-10,15H2,1-4H3,(H,29,30). The number of benzene rings is 1. The first-order valence-electron chi connectivity index (χ1n) is 11.3. The molecule has 0 saturated carbocycles. The van der Waals surface area contributed by atoms with E-state index in [2.05, 4.69) is 33.9 Å². The highest BCUT2D eigenvalue weighted by atomic mass is 19.1. The Morgan fingerprint density at radius 3 is 2.48 bits per heavy atom. The summed E-state index contributed by atoms with van der Waals surface area (Å²) in [7, 11) is 0. The van der Waals surface area contributed by atoms with Gasteiger partial charge in [0.2, 0.25) is 0 Å². The molecule has 174 valence electrons. The van der Waals surface area contributed by atoms with Gasteiger partial charge in [0.05, 0.1) is 17.4 Å². The number of nitrogens with zero attached hydrogens (tertiary/aromatic N) is 5. The fraction of sp³-hybridized carbons (Fsp3) is 0.400. The van der Waals surface area contributed by atoms with Gasteiger partial charge in [0.1, 0.15) is 17.2 Å². The summed E-state index contributed by atoms with van der Waals surface area (Å²) in [6.45, 7) is 11.6. The molecule has 0 radical (unpaired) electrons. The molecule has 2 aromatic heterocycles. The zero-order chi connectivity index (χ0) is 23.5. The van der Waals surface area contributed by atoms with Gasteiger partial charge in [0.15, 0.2) is 11.6 Å². The molecule has 3 heterocycles. The number of aromatic nitrogens is 3. The molecule has 1 aliphatic rings. The Kier molecular flexibility index (Phi) is 6.83. The summed E-state index contributed by atoms with van der Waals surface area (Å²) in [6, 6.07) is 5.94. The Hall–Kier alpha value is -3.13. The predicted octanol–water partition coefficient (Wildman–Crippen LogP) is 4.87. The van der Waals surface area contributed by atoms with Crippen molar-refractivity contribution in [2.24, 2.45) is 0 Å². The maximum absolute atomic E-state index is 14.1. The van der Waals surface area contributed by atoms with E-state index in [1.54, 1.807) is 6.20 Å². The average molecular weight is 453 g/mol. The first-order valence-corrected chi connectivity index (χ1v) is 11.3. The molecule has 6 nitrogen and oxygen atoms in total. The van der Waals surface area contributed by atoms with Gasteiger partial charge in [-0.2, -0.15) is 0 Å². The van der Waals surface area contributed by atoms with Gasteiger partial charge < -0.3 is 10.2 Å². The number of pyridine rings is 1. The Labute approximate surface area is 193 Å². The van der Waals surface area contributed by atoms with E-state index in [-0.39, 0.29) is 6.04 Å². The lowest BCUT2D eigenvalue weighted by Gasteiger charge is -2.36. The van der Waals surface area contributed by atoms with E-state index in [0.29, 0.717) is 12.1 Å². The minimum atomic E-state index is -0.552. The van der Waals surface area contributed by atoms with E-state index >= 15 is 0 Å². The highest BCUT2D eigenvalue weighted by molar-refractivity contribution is 5.81. The summed E-state index contributed by atoms with van der Waals surface area (Å²) in [4.78, 5) is 18.7. The van der Waals surface area contributed by atoms with Gasteiger partial charge in [0, 0.05) is 50.4 Å². The highest BCUT2D eigenvalue weighted by Crippen LogP contribution is 2.27. The summed E-state index contributed by atoms with van der Waals surface area (Å²) in [6.07, 6.45) is 3.79. The first-order chi connectivity index (χ1) is 15.8. The normalized spacial score (nSPS) is 14.7. The number of hydrogen-bond acceptors (Lipinski definition) is 6. The molecule has 8 heteroatoms. The van der Waals surface area contributed by atoms with Crippen LogP contribution in [-0.4, -0.2) is 52.1 Å². The topological polar surface area (TPSA) is 57.2 Å². The largest absolute Gasteiger partial charge is 0.365 e. The Bertz CT molecular complexity index is 1170. The van der Waals surface area contributed by atoms with Crippen LogP contribution in [0.3, 0.4) is 0 Å². The molecule has 33 heavy (non-hydrogen) atoms. The van der Waals surface area contributed by atoms with Gasteiger partial charge in [-0.05, 0) is 45.9 Å². The van der Waals surface area contributed by atoms with Gasteiger partial charge in [-0.1, -0.05) is 11.6 Å². The maximum Gasteiger partial charge on any atom is 0.172 e. The van der Waals surface area contributed by atoms with Crippen LogP contribution in [0.15, 0.2) is 36.0 Å². The van der Waals surface area contributed by atoms with Crippen molar-refractivity contribution in [2.75, 3.05) is 36.4 Å². The van der Waals surface area contributed by atoms with E-state index in [9.17, 15) is 8.78 Å². The molecular formula is C25H30F2N6. The van der Waals surface area contributed by atoms with E-state index in [4.69, 9.17) is 9.97 Å². The molecule has 0 aliphatic carbocycles. The van der Waals surface area contributed by atoms with Gasteiger partial charge in [-0.15, -0.1) is 0 Å². The lowest BCUT2D eigenvalue weighted by molar-refractivity contribution is 0.246. The number of fused-ring (bicyclic) bond motifs is 1. The van der Waals surface area contributed by atoms with Crippen molar-refractivity contribution in [3.8, 4) is 0 Å². The molecule has 0 atom stereocenters.